The van der Waals surface area contributed by atoms with E-state index in [1.54, 1.807) is 7.11 Å². The summed E-state index contributed by atoms with van der Waals surface area (Å²) in [7, 11) is 1.70. The van der Waals surface area contributed by atoms with Gasteiger partial charge in [-0.25, -0.2) is 9.50 Å². The highest BCUT2D eigenvalue weighted by atomic mass is 16.5. The number of aliphatic hydroxyl groups excluding tert-OH is 1. The van der Waals surface area contributed by atoms with E-state index in [-0.39, 0.29) is 12.1 Å². The van der Waals surface area contributed by atoms with E-state index in [1.165, 1.54) is 16.9 Å². The second kappa shape index (κ2) is 10.00. The van der Waals surface area contributed by atoms with Crippen molar-refractivity contribution in [3.05, 3.63) is 42.2 Å². The molecule has 1 aliphatic carbocycles. The summed E-state index contributed by atoms with van der Waals surface area (Å²) in [6.07, 6.45) is 5.37. The van der Waals surface area contributed by atoms with Crippen LogP contribution in [-0.4, -0.2) is 71.9 Å². The van der Waals surface area contributed by atoms with Crippen LogP contribution in [0.3, 0.4) is 0 Å². The lowest BCUT2D eigenvalue weighted by atomic mass is 9.85. The molecule has 3 fully saturated rings. The second-order valence-corrected chi connectivity index (χ2v) is 10.9. The van der Waals surface area contributed by atoms with Crippen LogP contribution in [0.15, 0.2) is 36.5 Å². The minimum absolute atomic E-state index is 0.109. The summed E-state index contributed by atoms with van der Waals surface area (Å²) in [6, 6.07) is 11.3. The number of ether oxygens (including phenoxy) is 2. The molecule has 0 radical (unpaired) electrons. The van der Waals surface area contributed by atoms with Crippen molar-refractivity contribution >= 4 is 17.2 Å². The summed E-state index contributed by atoms with van der Waals surface area (Å²) >= 11 is 0. The maximum absolute atomic E-state index is 10.1. The number of methoxy groups -OCH3 is 1. The van der Waals surface area contributed by atoms with Crippen molar-refractivity contribution in [3.63, 3.8) is 0 Å². The predicted octanol–water partition coefficient (Wildman–Crippen LogP) is 3.94. The Morgan fingerprint density at radius 3 is 2.67 bits per heavy atom. The summed E-state index contributed by atoms with van der Waals surface area (Å²) in [6.45, 7) is 6.56. The van der Waals surface area contributed by atoms with Crippen LogP contribution in [-0.2, 0) is 9.47 Å². The van der Waals surface area contributed by atoms with Crippen molar-refractivity contribution in [3.8, 4) is 11.1 Å². The Hall–Kier alpha value is -2.68. The van der Waals surface area contributed by atoms with Gasteiger partial charge in [-0.05, 0) is 56.4 Å². The molecule has 0 unspecified atom stereocenters. The lowest BCUT2D eigenvalue weighted by Crippen LogP contribution is -2.23. The molecule has 2 aromatic heterocycles. The van der Waals surface area contributed by atoms with Crippen molar-refractivity contribution in [2.75, 3.05) is 50.2 Å². The van der Waals surface area contributed by atoms with Crippen LogP contribution in [0.5, 0.6) is 0 Å². The Labute approximate surface area is 212 Å². The summed E-state index contributed by atoms with van der Waals surface area (Å²) < 4.78 is 13.0. The normalized spacial score (nSPS) is 26.9. The van der Waals surface area contributed by atoms with Gasteiger partial charge in [-0.15, -0.1) is 5.10 Å². The Morgan fingerprint density at radius 1 is 1.14 bits per heavy atom. The number of hydrogen-bond donors (Lipinski definition) is 2. The Bertz CT molecular complexity index is 1190. The Balaban J connectivity index is 1.36. The lowest BCUT2D eigenvalue weighted by molar-refractivity contribution is 0.121. The van der Waals surface area contributed by atoms with Crippen molar-refractivity contribution in [1.82, 2.24) is 14.6 Å². The molecule has 3 aromatic rings. The minimum atomic E-state index is -0.185. The van der Waals surface area contributed by atoms with Gasteiger partial charge in [0.15, 0.2) is 0 Å². The van der Waals surface area contributed by atoms with E-state index < -0.39 is 0 Å². The minimum Gasteiger partial charge on any atom is -0.393 e. The first kappa shape index (κ1) is 23.7. The van der Waals surface area contributed by atoms with Crippen LogP contribution < -0.4 is 10.2 Å². The third-order valence-corrected chi connectivity index (χ3v) is 8.21. The summed E-state index contributed by atoms with van der Waals surface area (Å²) in [5.74, 6) is 2.27. The molecule has 1 aromatic carbocycles. The summed E-state index contributed by atoms with van der Waals surface area (Å²) in [4.78, 5) is 7.17. The predicted molar refractivity (Wildman–Crippen MR) is 141 cm³/mol. The van der Waals surface area contributed by atoms with Gasteiger partial charge in [0, 0.05) is 60.9 Å². The van der Waals surface area contributed by atoms with Crippen molar-refractivity contribution in [1.29, 1.82) is 0 Å². The lowest BCUT2D eigenvalue weighted by Gasteiger charge is -2.25. The number of nitrogens with one attached hydrogen (secondary N) is 1. The maximum atomic E-state index is 10.1. The largest absolute Gasteiger partial charge is 0.393 e. The van der Waals surface area contributed by atoms with Crippen LogP contribution in [0.4, 0.5) is 11.6 Å². The monoisotopic (exact) mass is 491 g/mol. The number of benzene rings is 1. The molecule has 8 heteroatoms. The fourth-order valence-electron chi connectivity index (χ4n) is 6.25. The summed E-state index contributed by atoms with van der Waals surface area (Å²) in [5.41, 5.74) is 5.85. The molecule has 1 saturated carbocycles. The second-order valence-electron chi connectivity index (χ2n) is 10.9. The molecule has 4 heterocycles. The Morgan fingerprint density at radius 2 is 1.92 bits per heavy atom. The van der Waals surface area contributed by atoms with Gasteiger partial charge in [0.05, 0.1) is 37.6 Å². The standard InChI is InChI=1S/C28H37N5O3/c1-18(15-35-2)30-28-29-12-27-25(11-26(33(27)31-28)19-6-8-24(34)9-7-19)20-4-3-5-23(10-20)32-13-21-16-36-17-22(21)14-32/h3-5,10-12,18-19,21-22,24,34H,6-9,13-17H2,1-2H3,(H,30,31)/t18-,19?,21-,22+,24?/m0/s1. The zero-order valence-corrected chi connectivity index (χ0v) is 21.3. The van der Waals surface area contributed by atoms with Gasteiger partial charge in [-0.1, -0.05) is 12.1 Å². The van der Waals surface area contributed by atoms with Crippen LogP contribution in [0.1, 0.15) is 44.2 Å². The molecule has 2 N–H and O–H groups in total. The highest BCUT2D eigenvalue weighted by Crippen LogP contribution is 2.39. The number of rotatable bonds is 7. The van der Waals surface area contributed by atoms with E-state index in [4.69, 9.17) is 14.6 Å². The van der Waals surface area contributed by atoms with Crippen LogP contribution in [0.25, 0.3) is 16.6 Å². The van der Waals surface area contributed by atoms with E-state index >= 15 is 0 Å². The number of aliphatic hydroxyl groups is 1. The van der Waals surface area contributed by atoms with Gasteiger partial charge in [0.25, 0.3) is 0 Å². The molecule has 0 amide bonds. The topological polar surface area (TPSA) is 84.2 Å². The van der Waals surface area contributed by atoms with E-state index in [1.807, 2.05) is 6.20 Å². The van der Waals surface area contributed by atoms with Gasteiger partial charge < -0.3 is 24.8 Å². The first-order chi connectivity index (χ1) is 17.6. The number of anilines is 2. The molecular weight excluding hydrogens is 454 g/mol. The van der Waals surface area contributed by atoms with E-state index in [2.05, 4.69) is 57.0 Å². The van der Waals surface area contributed by atoms with Gasteiger partial charge in [0.2, 0.25) is 5.95 Å². The van der Waals surface area contributed by atoms with Gasteiger partial charge in [0.1, 0.15) is 0 Å². The quantitative estimate of drug-likeness (QED) is 0.518. The number of fused-ring (bicyclic) bond motifs is 2. The zero-order valence-electron chi connectivity index (χ0n) is 21.3. The number of aromatic nitrogens is 3. The molecule has 36 heavy (non-hydrogen) atoms. The average Bonchev–Trinajstić information content (AvgIpc) is 3.58. The fraction of sp³-hybridized carbons (Fsp3) is 0.571. The molecule has 2 aliphatic heterocycles. The van der Waals surface area contributed by atoms with E-state index in [9.17, 15) is 5.11 Å². The highest BCUT2D eigenvalue weighted by molar-refractivity contribution is 5.83. The SMILES string of the molecule is COC[C@H](C)Nc1ncc2c(-c3cccc(N4C[C@H]5COC[C@H]5C4)c3)cc(C3CCC(O)CC3)n2n1. The highest BCUT2D eigenvalue weighted by Gasteiger charge is 2.37. The molecule has 2 saturated heterocycles. The van der Waals surface area contributed by atoms with Crippen molar-refractivity contribution in [2.24, 2.45) is 11.8 Å². The molecular formula is C28H37N5O3. The number of hydrogen-bond acceptors (Lipinski definition) is 7. The van der Waals surface area contributed by atoms with Crippen LogP contribution in [0, 0.1) is 11.8 Å². The van der Waals surface area contributed by atoms with Crippen LogP contribution >= 0.6 is 0 Å². The molecule has 3 atom stereocenters. The fourth-order valence-corrected chi connectivity index (χ4v) is 6.25. The average molecular weight is 492 g/mol. The molecule has 6 rings (SSSR count). The zero-order chi connectivity index (χ0) is 24.6. The third-order valence-electron chi connectivity index (χ3n) is 8.21. The molecule has 0 spiro atoms. The van der Waals surface area contributed by atoms with Crippen LogP contribution in [0.2, 0.25) is 0 Å². The molecule has 192 valence electrons. The maximum Gasteiger partial charge on any atom is 0.241 e. The third kappa shape index (κ3) is 4.58. The molecule has 3 aliphatic rings. The smallest absolute Gasteiger partial charge is 0.241 e. The van der Waals surface area contributed by atoms with Gasteiger partial charge in [-0.2, -0.15) is 0 Å². The first-order valence-corrected chi connectivity index (χ1v) is 13.3. The summed E-state index contributed by atoms with van der Waals surface area (Å²) in [5, 5.41) is 18.4. The van der Waals surface area contributed by atoms with Gasteiger partial charge >= 0.3 is 0 Å². The number of nitrogens with zero attached hydrogens (tertiary/aromatic N) is 4. The molecule has 8 nitrogen and oxygen atoms in total. The van der Waals surface area contributed by atoms with Crippen molar-refractivity contribution in [2.45, 2.75) is 50.7 Å². The van der Waals surface area contributed by atoms with E-state index in [0.29, 0.717) is 30.3 Å². The Kier molecular flexibility index (Phi) is 6.58. The van der Waals surface area contributed by atoms with E-state index in [0.717, 1.165) is 63.1 Å². The van der Waals surface area contributed by atoms with Crippen molar-refractivity contribution < 1.29 is 14.6 Å². The van der Waals surface area contributed by atoms with Gasteiger partial charge in [-0.3, -0.25) is 0 Å². The molecule has 0 bridgehead atoms. The first-order valence-electron chi connectivity index (χ1n) is 13.3.